The van der Waals surface area contributed by atoms with Crippen LogP contribution in [0.25, 0.3) is 0 Å². The average molecular weight is 224 g/mol. The van der Waals surface area contributed by atoms with E-state index in [9.17, 15) is 4.79 Å². The van der Waals surface area contributed by atoms with Gasteiger partial charge < -0.3 is 15.1 Å². The van der Waals surface area contributed by atoms with Crippen LogP contribution in [-0.4, -0.2) is 23.4 Å². The van der Waals surface area contributed by atoms with E-state index in [1.54, 1.807) is 11.2 Å². The van der Waals surface area contributed by atoms with E-state index < -0.39 is 6.04 Å². The van der Waals surface area contributed by atoms with E-state index in [-0.39, 0.29) is 11.8 Å². The zero-order chi connectivity index (χ0) is 12.1. The molecular weight excluding hydrogens is 204 g/mol. The van der Waals surface area contributed by atoms with Crippen LogP contribution in [0.15, 0.2) is 22.8 Å². The summed E-state index contributed by atoms with van der Waals surface area (Å²) in [6.07, 6.45) is 1.61. The van der Waals surface area contributed by atoms with Gasteiger partial charge in [0.2, 0.25) is 5.91 Å². The van der Waals surface area contributed by atoms with Gasteiger partial charge in [-0.3, -0.25) is 4.79 Å². The summed E-state index contributed by atoms with van der Waals surface area (Å²) in [5.41, 5.74) is 5.84. The lowest BCUT2D eigenvalue weighted by molar-refractivity contribution is -0.134. The lowest BCUT2D eigenvalue weighted by Gasteiger charge is -2.25. The van der Waals surface area contributed by atoms with Gasteiger partial charge in [0, 0.05) is 6.54 Å². The molecule has 0 unspecified atom stereocenters. The maximum Gasteiger partial charge on any atom is 0.240 e. The predicted molar refractivity (Wildman–Crippen MR) is 62.6 cm³/mol. The molecule has 0 fully saturated rings. The Balaban J connectivity index is 2.64. The fraction of sp³-hybridized carbons (Fsp3) is 0.583. The first-order chi connectivity index (χ1) is 7.56. The number of furan rings is 1. The Hall–Kier alpha value is -1.29. The van der Waals surface area contributed by atoms with E-state index in [0.717, 1.165) is 5.76 Å². The Labute approximate surface area is 96.4 Å². The van der Waals surface area contributed by atoms with Crippen LogP contribution in [-0.2, 0) is 11.3 Å². The summed E-state index contributed by atoms with van der Waals surface area (Å²) in [5.74, 6) is 0.915. The van der Waals surface area contributed by atoms with E-state index in [2.05, 4.69) is 0 Å². The zero-order valence-electron chi connectivity index (χ0n) is 10.1. The Morgan fingerprint density at radius 3 is 2.69 bits per heavy atom. The van der Waals surface area contributed by atoms with E-state index >= 15 is 0 Å². The second-order valence-electron chi connectivity index (χ2n) is 4.20. The van der Waals surface area contributed by atoms with Gasteiger partial charge in [0.05, 0.1) is 18.8 Å². The molecule has 0 aromatic carbocycles. The molecule has 0 aliphatic carbocycles. The number of carbonyl (C=O) groups excluding carboxylic acids is 1. The fourth-order valence-electron chi connectivity index (χ4n) is 1.43. The molecule has 1 aromatic rings. The van der Waals surface area contributed by atoms with Crippen molar-refractivity contribution in [3.05, 3.63) is 24.2 Å². The molecule has 90 valence electrons. The summed E-state index contributed by atoms with van der Waals surface area (Å²) in [5, 5.41) is 0. The highest BCUT2D eigenvalue weighted by Crippen LogP contribution is 2.09. The van der Waals surface area contributed by atoms with Crippen molar-refractivity contribution in [2.45, 2.75) is 33.4 Å². The number of hydrogen-bond donors (Lipinski definition) is 1. The van der Waals surface area contributed by atoms with Crippen LogP contribution >= 0.6 is 0 Å². The molecule has 0 radical (unpaired) electrons. The molecule has 0 saturated heterocycles. The number of nitrogens with zero attached hydrogens (tertiary/aromatic N) is 1. The number of nitrogens with two attached hydrogens (primary N) is 1. The lowest BCUT2D eigenvalue weighted by Crippen LogP contribution is -2.46. The minimum atomic E-state index is -0.435. The predicted octanol–water partition coefficient (Wildman–Crippen LogP) is 1.61. The lowest BCUT2D eigenvalue weighted by atomic mass is 10.0. The van der Waals surface area contributed by atoms with Gasteiger partial charge in [0.25, 0.3) is 0 Å². The van der Waals surface area contributed by atoms with Crippen molar-refractivity contribution < 1.29 is 9.21 Å². The molecule has 4 nitrogen and oxygen atoms in total. The van der Waals surface area contributed by atoms with Gasteiger partial charge in [-0.15, -0.1) is 0 Å². The molecule has 0 saturated carbocycles. The third-order valence-corrected chi connectivity index (χ3v) is 2.62. The highest BCUT2D eigenvalue weighted by atomic mass is 16.3. The van der Waals surface area contributed by atoms with Gasteiger partial charge in [-0.05, 0) is 25.0 Å². The molecule has 1 amide bonds. The van der Waals surface area contributed by atoms with Gasteiger partial charge in [0.15, 0.2) is 0 Å². The van der Waals surface area contributed by atoms with Crippen LogP contribution in [0.4, 0.5) is 0 Å². The van der Waals surface area contributed by atoms with E-state index in [4.69, 9.17) is 10.2 Å². The van der Waals surface area contributed by atoms with E-state index in [1.807, 2.05) is 32.9 Å². The monoisotopic (exact) mass is 224 g/mol. The molecule has 1 atom stereocenters. The number of amides is 1. The molecular formula is C12H20N2O2. The first-order valence-corrected chi connectivity index (χ1v) is 5.63. The standard InChI is InChI=1S/C12H20N2O2/c1-4-14(8-10-6-5-7-16-10)12(15)11(13)9(2)3/h5-7,9,11H,4,8,13H2,1-3H3/t11-/m1/s1. The number of likely N-dealkylation sites (N-methyl/N-ethyl adjacent to an activating group) is 1. The quantitative estimate of drug-likeness (QED) is 0.826. The number of rotatable bonds is 5. The first kappa shape index (κ1) is 12.8. The molecule has 0 spiro atoms. The van der Waals surface area contributed by atoms with Crippen LogP contribution in [0, 0.1) is 5.92 Å². The van der Waals surface area contributed by atoms with Gasteiger partial charge in [-0.25, -0.2) is 0 Å². The Kier molecular flexibility index (Phi) is 4.55. The summed E-state index contributed by atoms with van der Waals surface area (Å²) >= 11 is 0. The molecule has 4 heteroatoms. The summed E-state index contributed by atoms with van der Waals surface area (Å²) in [4.78, 5) is 13.7. The van der Waals surface area contributed by atoms with Crippen molar-refractivity contribution in [2.75, 3.05) is 6.54 Å². The van der Waals surface area contributed by atoms with E-state index in [1.165, 1.54) is 0 Å². The van der Waals surface area contributed by atoms with Crippen LogP contribution in [0.1, 0.15) is 26.5 Å². The molecule has 16 heavy (non-hydrogen) atoms. The van der Waals surface area contributed by atoms with Crippen LogP contribution in [0.2, 0.25) is 0 Å². The summed E-state index contributed by atoms with van der Waals surface area (Å²) in [7, 11) is 0. The Morgan fingerprint density at radius 2 is 2.25 bits per heavy atom. The maximum absolute atomic E-state index is 12.0. The fourth-order valence-corrected chi connectivity index (χ4v) is 1.43. The van der Waals surface area contributed by atoms with Crippen LogP contribution in [0.3, 0.4) is 0 Å². The van der Waals surface area contributed by atoms with Crippen molar-refractivity contribution in [3.63, 3.8) is 0 Å². The summed E-state index contributed by atoms with van der Waals surface area (Å²) < 4.78 is 5.22. The van der Waals surface area contributed by atoms with Gasteiger partial charge in [-0.1, -0.05) is 13.8 Å². The summed E-state index contributed by atoms with van der Waals surface area (Å²) in [6, 6.07) is 3.24. The third kappa shape index (κ3) is 3.10. The second-order valence-corrected chi connectivity index (χ2v) is 4.20. The number of hydrogen-bond acceptors (Lipinski definition) is 3. The van der Waals surface area contributed by atoms with Crippen molar-refractivity contribution in [3.8, 4) is 0 Å². The molecule has 0 bridgehead atoms. The van der Waals surface area contributed by atoms with Gasteiger partial charge in [0.1, 0.15) is 5.76 Å². The van der Waals surface area contributed by atoms with Gasteiger partial charge >= 0.3 is 0 Å². The van der Waals surface area contributed by atoms with Crippen LogP contribution in [0.5, 0.6) is 0 Å². The zero-order valence-corrected chi connectivity index (χ0v) is 10.1. The number of carbonyl (C=O) groups is 1. The molecule has 2 N–H and O–H groups in total. The minimum Gasteiger partial charge on any atom is -0.467 e. The minimum absolute atomic E-state index is 0.0195. The van der Waals surface area contributed by atoms with Crippen LogP contribution < -0.4 is 5.73 Å². The van der Waals surface area contributed by atoms with Crippen molar-refractivity contribution in [1.82, 2.24) is 4.90 Å². The Morgan fingerprint density at radius 1 is 1.56 bits per heavy atom. The Bertz CT molecular complexity index is 320. The van der Waals surface area contributed by atoms with E-state index in [0.29, 0.717) is 13.1 Å². The maximum atomic E-state index is 12.0. The average Bonchev–Trinajstić information content (AvgIpc) is 2.76. The highest BCUT2D eigenvalue weighted by Gasteiger charge is 2.23. The largest absolute Gasteiger partial charge is 0.467 e. The van der Waals surface area contributed by atoms with Crippen molar-refractivity contribution in [1.29, 1.82) is 0 Å². The smallest absolute Gasteiger partial charge is 0.240 e. The highest BCUT2D eigenvalue weighted by molar-refractivity contribution is 5.81. The van der Waals surface area contributed by atoms with Crippen molar-refractivity contribution >= 4 is 5.91 Å². The first-order valence-electron chi connectivity index (χ1n) is 5.63. The van der Waals surface area contributed by atoms with Gasteiger partial charge in [-0.2, -0.15) is 0 Å². The molecule has 1 heterocycles. The normalized spacial score (nSPS) is 12.8. The molecule has 1 rings (SSSR count). The molecule has 0 aliphatic heterocycles. The molecule has 0 aliphatic rings. The van der Waals surface area contributed by atoms with Crippen molar-refractivity contribution in [2.24, 2.45) is 11.7 Å². The second kappa shape index (κ2) is 5.70. The summed E-state index contributed by atoms with van der Waals surface area (Å²) in [6.45, 7) is 6.96. The molecule has 1 aromatic heterocycles. The third-order valence-electron chi connectivity index (χ3n) is 2.62. The topological polar surface area (TPSA) is 59.5 Å². The SMILES string of the molecule is CCN(Cc1ccco1)C(=O)[C@H](N)C(C)C.